The van der Waals surface area contributed by atoms with E-state index in [9.17, 15) is 0 Å². The second kappa shape index (κ2) is 6.28. The van der Waals surface area contributed by atoms with Gasteiger partial charge in [-0.3, -0.25) is 0 Å². The van der Waals surface area contributed by atoms with Gasteiger partial charge in [0.1, 0.15) is 11.6 Å². The first-order valence-corrected chi connectivity index (χ1v) is 7.93. The second-order valence-corrected chi connectivity index (χ2v) is 6.23. The molecule has 1 aliphatic carbocycles. The van der Waals surface area contributed by atoms with E-state index in [1.165, 1.54) is 19.3 Å². The molecule has 0 bridgehead atoms. The number of nitrogens with one attached hydrogen (secondary N) is 1. The largest absolute Gasteiger partial charge is 0.381 e. The van der Waals surface area contributed by atoms with Gasteiger partial charge < -0.3 is 14.8 Å². The van der Waals surface area contributed by atoms with E-state index in [0.29, 0.717) is 5.92 Å². The molecule has 0 atom stereocenters. The highest BCUT2D eigenvalue weighted by atomic mass is 16.5. The average molecular weight is 291 g/mol. The zero-order valence-corrected chi connectivity index (χ0v) is 13.0. The van der Waals surface area contributed by atoms with Crippen LogP contribution in [0.1, 0.15) is 49.5 Å². The maximum Gasteiger partial charge on any atom is 0.134 e. The van der Waals surface area contributed by atoms with E-state index in [1.54, 1.807) is 7.11 Å². The predicted molar refractivity (Wildman–Crippen MR) is 81.6 cm³/mol. The molecule has 5 heteroatoms. The minimum Gasteiger partial charge on any atom is -0.381 e. The van der Waals surface area contributed by atoms with E-state index in [2.05, 4.69) is 10.3 Å². The quantitative estimate of drug-likeness (QED) is 0.904. The topological polar surface area (TPSA) is 56.3 Å². The van der Waals surface area contributed by atoms with Gasteiger partial charge in [0, 0.05) is 57.4 Å². The number of methoxy groups -OCH3 is 1. The molecule has 1 aliphatic heterocycles. The summed E-state index contributed by atoms with van der Waals surface area (Å²) in [4.78, 5) is 9.28. The van der Waals surface area contributed by atoms with E-state index >= 15 is 0 Å². The molecule has 116 valence electrons. The van der Waals surface area contributed by atoms with Gasteiger partial charge in [-0.2, -0.15) is 0 Å². The molecule has 5 nitrogen and oxygen atoms in total. The maximum absolute atomic E-state index is 5.75. The average Bonchev–Trinajstić information content (AvgIpc) is 2.44. The van der Waals surface area contributed by atoms with Crippen LogP contribution >= 0.6 is 0 Å². The first-order chi connectivity index (χ1) is 10.2. The number of aryl methyl sites for hydroxylation is 1. The summed E-state index contributed by atoms with van der Waals surface area (Å²) >= 11 is 0. The molecule has 0 spiro atoms. The SMILES string of the molecule is COC1(CNc2cc(C)nc(C3CCC3)n2)CCOCC1. The van der Waals surface area contributed by atoms with Crippen LogP contribution in [0.2, 0.25) is 0 Å². The number of hydrogen-bond acceptors (Lipinski definition) is 5. The van der Waals surface area contributed by atoms with Crippen molar-refractivity contribution < 1.29 is 9.47 Å². The molecule has 3 rings (SSSR count). The molecule has 2 fully saturated rings. The molecule has 1 aromatic rings. The van der Waals surface area contributed by atoms with Crippen LogP contribution in [0, 0.1) is 6.92 Å². The molecule has 0 unspecified atom stereocenters. The standard InChI is InChI=1S/C16H25N3O2/c1-12-10-14(19-15(18-12)13-4-3-5-13)17-11-16(20-2)6-8-21-9-7-16/h10,13H,3-9,11H2,1-2H3,(H,17,18,19). The molecular formula is C16H25N3O2. The Morgan fingerprint density at radius 2 is 2.10 bits per heavy atom. The van der Waals surface area contributed by atoms with Crippen LogP contribution in [0.25, 0.3) is 0 Å². The van der Waals surface area contributed by atoms with E-state index in [4.69, 9.17) is 14.5 Å². The van der Waals surface area contributed by atoms with Crippen LogP contribution < -0.4 is 5.32 Å². The summed E-state index contributed by atoms with van der Waals surface area (Å²) in [6.45, 7) is 4.35. The summed E-state index contributed by atoms with van der Waals surface area (Å²) in [5, 5.41) is 3.46. The van der Waals surface area contributed by atoms with Gasteiger partial charge in [0.25, 0.3) is 0 Å². The summed E-state index contributed by atoms with van der Waals surface area (Å²) in [6.07, 6.45) is 5.61. The fourth-order valence-corrected chi connectivity index (χ4v) is 2.98. The number of aromatic nitrogens is 2. The normalized spacial score (nSPS) is 21.8. The Labute approximate surface area is 126 Å². The van der Waals surface area contributed by atoms with Gasteiger partial charge in [-0.1, -0.05) is 6.42 Å². The summed E-state index contributed by atoms with van der Waals surface area (Å²) in [5.41, 5.74) is 0.904. The molecule has 1 saturated heterocycles. The first-order valence-electron chi connectivity index (χ1n) is 7.93. The van der Waals surface area contributed by atoms with Gasteiger partial charge in [-0.05, 0) is 19.8 Å². The van der Waals surface area contributed by atoms with E-state index in [-0.39, 0.29) is 5.60 Å². The molecule has 0 aromatic carbocycles. The minimum atomic E-state index is -0.131. The molecule has 2 heterocycles. The van der Waals surface area contributed by atoms with Crippen molar-refractivity contribution in [1.82, 2.24) is 9.97 Å². The smallest absolute Gasteiger partial charge is 0.134 e. The maximum atomic E-state index is 5.75. The van der Waals surface area contributed by atoms with E-state index in [0.717, 1.165) is 49.9 Å². The Balaban J connectivity index is 1.67. The van der Waals surface area contributed by atoms with Gasteiger partial charge in [0.05, 0.1) is 5.60 Å². The third-order valence-electron chi connectivity index (χ3n) is 4.77. The van der Waals surface area contributed by atoms with Gasteiger partial charge in [-0.25, -0.2) is 9.97 Å². The van der Waals surface area contributed by atoms with Crippen LogP contribution in [0.4, 0.5) is 5.82 Å². The van der Waals surface area contributed by atoms with Crippen molar-refractivity contribution >= 4 is 5.82 Å². The van der Waals surface area contributed by atoms with Gasteiger partial charge >= 0.3 is 0 Å². The predicted octanol–water partition coefficient (Wildman–Crippen LogP) is 2.66. The van der Waals surface area contributed by atoms with Gasteiger partial charge in [0.2, 0.25) is 0 Å². The summed E-state index contributed by atoms with van der Waals surface area (Å²) in [5.74, 6) is 2.49. The zero-order valence-electron chi connectivity index (χ0n) is 13.0. The highest BCUT2D eigenvalue weighted by molar-refractivity contribution is 5.37. The van der Waals surface area contributed by atoms with Crippen LogP contribution in [-0.4, -0.2) is 42.4 Å². The third kappa shape index (κ3) is 3.35. The van der Waals surface area contributed by atoms with Crippen molar-refractivity contribution in [3.05, 3.63) is 17.6 Å². The van der Waals surface area contributed by atoms with E-state index in [1.807, 2.05) is 13.0 Å². The monoisotopic (exact) mass is 291 g/mol. The first kappa shape index (κ1) is 14.7. The molecule has 1 N–H and O–H groups in total. The number of hydrogen-bond donors (Lipinski definition) is 1. The van der Waals surface area contributed by atoms with Crippen molar-refractivity contribution in [2.45, 2.75) is 50.5 Å². The Kier molecular flexibility index (Phi) is 4.40. The number of ether oxygens (including phenoxy) is 2. The molecule has 2 aliphatic rings. The van der Waals surface area contributed by atoms with Crippen molar-refractivity contribution in [3.8, 4) is 0 Å². The minimum absolute atomic E-state index is 0.131. The van der Waals surface area contributed by atoms with Crippen molar-refractivity contribution in [1.29, 1.82) is 0 Å². The van der Waals surface area contributed by atoms with Crippen LogP contribution in [0.15, 0.2) is 6.07 Å². The second-order valence-electron chi connectivity index (χ2n) is 6.23. The molecular weight excluding hydrogens is 266 g/mol. The Hall–Kier alpha value is -1.20. The molecule has 21 heavy (non-hydrogen) atoms. The van der Waals surface area contributed by atoms with Gasteiger partial charge in [0.15, 0.2) is 0 Å². The lowest BCUT2D eigenvalue weighted by Gasteiger charge is -2.36. The highest BCUT2D eigenvalue weighted by Gasteiger charge is 2.32. The summed E-state index contributed by atoms with van der Waals surface area (Å²) < 4.78 is 11.2. The van der Waals surface area contributed by atoms with Crippen molar-refractivity contribution in [3.63, 3.8) is 0 Å². The Bertz CT molecular complexity index is 482. The lowest BCUT2D eigenvalue weighted by Crippen LogP contribution is -2.44. The fourth-order valence-electron chi connectivity index (χ4n) is 2.98. The van der Waals surface area contributed by atoms with Crippen LogP contribution in [0.5, 0.6) is 0 Å². The lowest BCUT2D eigenvalue weighted by atomic mass is 9.85. The van der Waals surface area contributed by atoms with E-state index < -0.39 is 0 Å². The van der Waals surface area contributed by atoms with Crippen LogP contribution in [-0.2, 0) is 9.47 Å². The Morgan fingerprint density at radius 3 is 2.71 bits per heavy atom. The summed E-state index contributed by atoms with van der Waals surface area (Å²) in [6, 6.07) is 2.02. The Morgan fingerprint density at radius 1 is 1.33 bits per heavy atom. The highest BCUT2D eigenvalue weighted by Crippen LogP contribution is 2.35. The summed E-state index contributed by atoms with van der Waals surface area (Å²) in [7, 11) is 1.79. The molecule has 0 radical (unpaired) electrons. The molecule has 1 saturated carbocycles. The number of nitrogens with zero attached hydrogens (tertiary/aromatic N) is 2. The number of anilines is 1. The van der Waals surface area contributed by atoms with Crippen LogP contribution in [0.3, 0.4) is 0 Å². The van der Waals surface area contributed by atoms with Crippen molar-refractivity contribution in [2.24, 2.45) is 0 Å². The fraction of sp³-hybridized carbons (Fsp3) is 0.750. The molecule has 1 aromatic heterocycles. The number of rotatable bonds is 5. The molecule has 0 amide bonds. The third-order valence-corrected chi connectivity index (χ3v) is 4.77. The van der Waals surface area contributed by atoms with Crippen molar-refractivity contribution in [2.75, 3.05) is 32.2 Å². The van der Waals surface area contributed by atoms with Gasteiger partial charge in [-0.15, -0.1) is 0 Å². The zero-order chi connectivity index (χ0) is 14.7. The lowest BCUT2D eigenvalue weighted by molar-refractivity contribution is -0.0807.